The number of hydrogen-bond donors (Lipinski definition) is 2. The lowest BCUT2D eigenvalue weighted by Crippen LogP contribution is -2.22. The fourth-order valence-electron chi connectivity index (χ4n) is 3.12. The van der Waals surface area contributed by atoms with E-state index in [1.165, 1.54) is 25.7 Å². The zero-order valence-electron chi connectivity index (χ0n) is 13.3. The Hall–Kier alpha value is -1.84. The maximum atomic E-state index is 12.2. The molecule has 2 atom stereocenters. The van der Waals surface area contributed by atoms with Crippen molar-refractivity contribution in [2.24, 2.45) is 11.8 Å². The van der Waals surface area contributed by atoms with Gasteiger partial charge in [-0.2, -0.15) is 0 Å². The van der Waals surface area contributed by atoms with Crippen LogP contribution >= 0.6 is 0 Å². The van der Waals surface area contributed by atoms with Gasteiger partial charge in [-0.3, -0.25) is 9.59 Å². The van der Waals surface area contributed by atoms with Gasteiger partial charge in [0.2, 0.25) is 5.91 Å². The Balaban J connectivity index is 1.89. The van der Waals surface area contributed by atoms with Gasteiger partial charge in [0, 0.05) is 11.6 Å². The minimum absolute atomic E-state index is 0.0146. The molecule has 2 unspecified atom stereocenters. The average molecular weight is 303 g/mol. The minimum Gasteiger partial charge on any atom is -0.481 e. The Morgan fingerprint density at radius 1 is 1.18 bits per heavy atom. The number of carboxylic acids is 1. The van der Waals surface area contributed by atoms with E-state index >= 15 is 0 Å². The van der Waals surface area contributed by atoms with Gasteiger partial charge in [0.25, 0.3) is 0 Å². The van der Waals surface area contributed by atoms with Crippen molar-refractivity contribution in [3.63, 3.8) is 0 Å². The first kappa shape index (κ1) is 16.5. The standard InChI is InChI=1S/C18H25NO3/c1-12(11-14-5-3-4-6-14)17(20)19-16-9-7-15(8-10-16)13(2)18(21)22/h7-10,12-14H,3-6,11H2,1-2H3,(H,19,20)(H,21,22). The summed E-state index contributed by atoms with van der Waals surface area (Å²) in [6.45, 7) is 3.63. The van der Waals surface area contributed by atoms with Crippen LogP contribution < -0.4 is 5.32 Å². The van der Waals surface area contributed by atoms with E-state index in [0.717, 1.165) is 17.7 Å². The van der Waals surface area contributed by atoms with Crippen LogP contribution in [0.2, 0.25) is 0 Å². The maximum absolute atomic E-state index is 12.2. The van der Waals surface area contributed by atoms with E-state index in [9.17, 15) is 9.59 Å². The molecule has 0 spiro atoms. The van der Waals surface area contributed by atoms with Gasteiger partial charge in [-0.15, -0.1) is 0 Å². The number of amides is 1. The van der Waals surface area contributed by atoms with Crippen LogP contribution in [-0.4, -0.2) is 17.0 Å². The van der Waals surface area contributed by atoms with Crippen molar-refractivity contribution in [1.29, 1.82) is 0 Å². The maximum Gasteiger partial charge on any atom is 0.310 e. The van der Waals surface area contributed by atoms with E-state index < -0.39 is 11.9 Å². The number of hydrogen-bond acceptors (Lipinski definition) is 2. The molecule has 1 amide bonds. The lowest BCUT2D eigenvalue weighted by Gasteiger charge is -2.16. The van der Waals surface area contributed by atoms with Crippen molar-refractivity contribution in [2.75, 3.05) is 5.32 Å². The van der Waals surface area contributed by atoms with Crippen molar-refractivity contribution < 1.29 is 14.7 Å². The predicted octanol–water partition coefficient (Wildman–Crippen LogP) is 4.03. The number of nitrogens with one attached hydrogen (secondary N) is 1. The Morgan fingerprint density at radius 2 is 1.77 bits per heavy atom. The molecule has 0 aliphatic heterocycles. The van der Waals surface area contributed by atoms with Gasteiger partial charge >= 0.3 is 5.97 Å². The molecule has 0 bridgehead atoms. The molecular weight excluding hydrogens is 278 g/mol. The van der Waals surface area contributed by atoms with Crippen LogP contribution in [0.4, 0.5) is 5.69 Å². The molecule has 1 aromatic carbocycles. The summed E-state index contributed by atoms with van der Waals surface area (Å²) in [6, 6.07) is 7.07. The number of anilines is 1. The number of rotatable bonds is 6. The lowest BCUT2D eigenvalue weighted by molar-refractivity contribution is -0.138. The first-order valence-corrected chi connectivity index (χ1v) is 8.11. The van der Waals surface area contributed by atoms with Crippen LogP contribution in [0.3, 0.4) is 0 Å². The summed E-state index contributed by atoms with van der Waals surface area (Å²) < 4.78 is 0. The van der Waals surface area contributed by atoms with E-state index in [0.29, 0.717) is 5.92 Å². The Bertz CT molecular complexity index is 518. The summed E-state index contributed by atoms with van der Waals surface area (Å²) in [5.41, 5.74) is 1.47. The number of benzene rings is 1. The summed E-state index contributed by atoms with van der Waals surface area (Å²) in [5.74, 6) is -0.626. The van der Waals surface area contributed by atoms with E-state index in [1.807, 2.05) is 6.92 Å². The number of carbonyl (C=O) groups excluding carboxylic acids is 1. The lowest BCUT2D eigenvalue weighted by atomic mass is 9.94. The van der Waals surface area contributed by atoms with Crippen molar-refractivity contribution >= 4 is 17.6 Å². The smallest absolute Gasteiger partial charge is 0.310 e. The quantitative estimate of drug-likeness (QED) is 0.833. The van der Waals surface area contributed by atoms with Crippen molar-refractivity contribution in [3.05, 3.63) is 29.8 Å². The van der Waals surface area contributed by atoms with Gasteiger partial charge in [0.05, 0.1) is 5.92 Å². The van der Waals surface area contributed by atoms with E-state index in [2.05, 4.69) is 5.32 Å². The molecule has 0 aromatic heterocycles. The Kier molecular flexibility index (Phi) is 5.58. The fraction of sp³-hybridized carbons (Fsp3) is 0.556. The number of aliphatic carboxylic acids is 1. The van der Waals surface area contributed by atoms with Gasteiger partial charge in [0.15, 0.2) is 0 Å². The second-order valence-electron chi connectivity index (χ2n) is 6.46. The highest BCUT2D eigenvalue weighted by Crippen LogP contribution is 2.30. The van der Waals surface area contributed by atoms with Gasteiger partial charge in [-0.1, -0.05) is 44.7 Å². The molecule has 4 heteroatoms. The van der Waals surface area contributed by atoms with Crippen LogP contribution in [0.15, 0.2) is 24.3 Å². The third-order valence-corrected chi connectivity index (χ3v) is 4.66. The van der Waals surface area contributed by atoms with E-state index in [1.54, 1.807) is 31.2 Å². The third kappa shape index (κ3) is 4.33. The van der Waals surface area contributed by atoms with Gasteiger partial charge in [-0.05, 0) is 37.0 Å². The zero-order chi connectivity index (χ0) is 16.1. The normalized spacial score (nSPS) is 17.9. The summed E-state index contributed by atoms with van der Waals surface area (Å²) >= 11 is 0. The molecule has 0 saturated heterocycles. The fourth-order valence-corrected chi connectivity index (χ4v) is 3.12. The van der Waals surface area contributed by atoms with Crippen molar-refractivity contribution in [3.8, 4) is 0 Å². The van der Waals surface area contributed by atoms with Crippen LogP contribution in [0.25, 0.3) is 0 Å². The summed E-state index contributed by atoms with van der Waals surface area (Å²) in [6.07, 6.45) is 6.04. The molecule has 2 N–H and O–H groups in total. The molecule has 22 heavy (non-hydrogen) atoms. The number of carbonyl (C=O) groups is 2. The van der Waals surface area contributed by atoms with Crippen molar-refractivity contribution in [2.45, 2.75) is 51.9 Å². The van der Waals surface area contributed by atoms with Crippen molar-refractivity contribution in [1.82, 2.24) is 0 Å². The van der Waals surface area contributed by atoms with E-state index in [4.69, 9.17) is 5.11 Å². The van der Waals surface area contributed by atoms with E-state index in [-0.39, 0.29) is 11.8 Å². The molecule has 0 heterocycles. The van der Waals surface area contributed by atoms with Crippen LogP contribution in [0, 0.1) is 11.8 Å². The molecule has 4 nitrogen and oxygen atoms in total. The molecule has 1 aliphatic rings. The Morgan fingerprint density at radius 3 is 2.32 bits per heavy atom. The highest BCUT2D eigenvalue weighted by Gasteiger charge is 2.22. The largest absolute Gasteiger partial charge is 0.481 e. The predicted molar refractivity (Wildman–Crippen MR) is 86.9 cm³/mol. The molecule has 1 fully saturated rings. The third-order valence-electron chi connectivity index (χ3n) is 4.66. The second-order valence-corrected chi connectivity index (χ2v) is 6.46. The first-order valence-electron chi connectivity index (χ1n) is 8.11. The highest BCUT2D eigenvalue weighted by molar-refractivity contribution is 5.92. The zero-order valence-corrected chi connectivity index (χ0v) is 13.3. The number of carboxylic acid groups (broad SMARTS) is 1. The summed E-state index contributed by atoms with van der Waals surface area (Å²) in [5, 5.41) is 11.9. The minimum atomic E-state index is -0.845. The van der Waals surface area contributed by atoms with Gasteiger partial charge < -0.3 is 10.4 Å². The molecule has 1 aromatic rings. The molecule has 2 rings (SSSR count). The van der Waals surface area contributed by atoms with Crippen LogP contribution in [-0.2, 0) is 9.59 Å². The monoisotopic (exact) mass is 303 g/mol. The summed E-state index contributed by atoms with van der Waals surface area (Å²) in [4.78, 5) is 23.2. The molecule has 1 aliphatic carbocycles. The van der Waals surface area contributed by atoms with Crippen LogP contribution in [0.1, 0.15) is 57.4 Å². The summed E-state index contributed by atoms with van der Waals surface area (Å²) in [7, 11) is 0. The Labute approximate surface area is 131 Å². The first-order chi connectivity index (χ1) is 10.5. The topological polar surface area (TPSA) is 66.4 Å². The average Bonchev–Trinajstić information content (AvgIpc) is 3.00. The van der Waals surface area contributed by atoms with Gasteiger partial charge in [0.1, 0.15) is 0 Å². The molecule has 120 valence electrons. The second kappa shape index (κ2) is 7.43. The molecule has 0 radical (unpaired) electrons. The van der Waals surface area contributed by atoms with Gasteiger partial charge in [-0.25, -0.2) is 0 Å². The SMILES string of the molecule is CC(CC1CCCC1)C(=O)Nc1ccc(C(C)C(=O)O)cc1. The van der Waals surface area contributed by atoms with Crippen LogP contribution in [0.5, 0.6) is 0 Å². The molecule has 1 saturated carbocycles. The molecular formula is C18H25NO3. The highest BCUT2D eigenvalue weighted by atomic mass is 16.4.